The number of esters is 1. The first-order valence-corrected chi connectivity index (χ1v) is 7.69. The van der Waals surface area contributed by atoms with Crippen molar-refractivity contribution >= 4 is 23.8 Å². The predicted molar refractivity (Wildman–Crippen MR) is 75.2 cm³/mol. The number of alkyl carbamates (subject to hydrolysis) is 1. The lowest BCUT2D eigenvalue weighted by molar-refractivity contribution is -0.146. The van der Waals surface area contributed by atoms with E-state index in [0.29, 0.717) is 5.25 Å². The van der Waals surface area contributed by atoms with E-state index in [1.807, 2.05) is 27.0 Å². The standard InChI is InChI=1S/C13H23NO4S/c1-8(15)17-11-7-9(19-5)6-10(11)14-12(16)18-13(2,3)4/h9-11H,6-7H2,1-5H3,(H,14,16)/t9?,10-,11-/m1/s1. The molecule has 1 rings (SSSR count). The number of nitrogens with one attached hydrogen (secondary N) is 1. The summed E-state index contributed by atoms with van der Waals surface area (Å²) in [7, 11) is 0. The van der Waals surface area contributed by atoms with E-state index in [-0.39, 0.29) is 18.1 Å². The molecule has 1 aliphatic carbocycles. The van der Waals surface area contributed by atoms with E-state index in [1.165, 1.54) is 6.92 Å². The summed E-state index contributed by atoms with van der Waals surface area (Å²) in [5, 5.41) is 3.20. The number of hydrogen-bond acceptors (Lipinski definition) is 5. The third-order valence-electron chi connectivity index (χ3n) is 2.81. The Hall–Kier alpha value is -0.910. The molecular formula is C13H23NO4S. The fourth-order valence-electron chi connectivity index (χ4n) is 2.10. The molecule has 1 N–H and O–H groups in total. The molecule has 1 aliphatic rings. The average Bonchev–Trinajstić information content (AvgIpc) is 2.57. The van der Waals surface area contributed by atoms with Crippen LogP contribution in [0.5, 0.6) is 0 Å². The number of carbonyl (C=O) groups excluding carboxylic acids is 2. The van der Waals surface area contributed by atoms with E-state index in [9.17, 15) is 9.59 Å². The van der Waals surface area contributed by atoms with Crippen LogP contribution in [0.3, 0.4) is 0 Å². The van der Waals surface area contributed by atoms with Gasteiger partial charge < -0.3 is 14.8 Å². The first kappa shape index (κ1) is 16.1. The molecule has 6 heteroatoms. The number of rotatable bonds is 3. The summed E-state index contributed by atoms with van der Waals surface area (Å²) < 4.78 is 10.5. The number of carbonyl (C=O) groups is 2. The van der Waals surface area contributed by atoms with Gasteiger partial charge in [0.2, 0.25) is 0 Å². The van der Waals surface area contributed by atoms with Crippen LogP contribution in [0.15, 0.2) is 0 Å². The van der Waals surface area contributed by atoms with Crippen LogP contribution in [-0.2, 0) is 14.3 Å². The Morgan fingerprint density at radius 3 is 2.37 bits per heavy atom. The monoisotopic (exact) mass is 289 g/mol. The fraction of sp³-hybridized carbons (Fsp3) is 0.846. The highest BCUT2D eigenvalue weighted by Crippen LogP contribution is 2.31. The van der Waals surface area contributed by atoms with Crippen molar-refractivity contribution in [1.82, 2.24) is 5.32 Å². The zero-order chi connectivity index (χ0) is 14.6. The summed E-state index contributed by atoms with van der Waals surface area (Å²) in [6, 6.07) is -0.170. The smallest absolute Gasteiger partial charge is 0.408 e. The Bertz CT molecular complexity index is 340. The molecule has 1 unspecified atom stereocenters. The molecule has 1 fully saturated rings. The Morgan fingerprint density at radius 2 is 1.89 bits per heavy atom. The van der Waals surface area contributed by atoms with Crippen molar-refractivity contribution in [1.29, 1.82) is 0 Å². The largest absolute Gasteiger partial charge is 0.460 e. The highest BCUT2D eigenvalue weighted by Gasteiger charge is 2.37. The summed E-state index contributed by atoms with van der Waals surface area (Å²) in [5.74, 6) is -0.317. The Kier molecular flexibility index (Phi) is 5.52. The minimum atomic E-state index is -0.529. The molecule has 19 heavy (non-hydrogen) atoms. The van der Waals surface area contributed by atoms with Crippen molar-refractivity contribution < 1.29 is 19.1 Å². The lowest BCUT2D eigenvalue weighted by Crippen LogP contribution is -2.44. The van der Waals surface area contributed by atoms with E-state index in [4.69, 9.17) is 9.47 Å². The molecule has 1 amide bonds. The van der Waals surface area contributed by atoms with Crippen LogP contribution in [0, 0.1) is 0 Å². The Balaban J connectivity index is 2.58. The molecule has 110 valence electrons. The second kappa shape index (κ2) is 6.50. The molecule has 0 heterocycles. The van der Waals surface area contributed by atoms with Crippen molar-refractivity contribution in [2.45, 2.75) is 63.5 Å². The lowest BCUT2D eigenvalue weighted by Gasteiger charge is -2.24. The van der Waals surface area contributed by atoms with Gasteiger partial charge in [0.1, 0.15) is 11.7 Å². The van der Waals surface area contributed by atoms with Crippen LogP contribution >= 0.6 is 11.8 Å². The van der Waals surface area contributed by atoms with Crippen molar-refractivity contribution in [3.8, 4) is 0 Å². The Morgan fingerprint density at radius 1 is 1.26 bits per heavy atom. The van der Waals surface area contributed by atoms with Gasteiger partial charge in [0.25, 0.3) is 0 Å². The molecule has 0 spiro atoms. The van der Waals surface area contributed by atoms with Crippen LogP contribution in [0.2, 0.25) is 0 Å². The van der Waals surface area contributed by atoms with Gasteiger partial charge in [-0.2, -0.15) is 11.8 Å². The van der Waals surface area contributed by atoms with Crippen LogP contribution in [0.4, 0.5) is 4.79 Å². The lowest BCUT2D eigenvalue weighted by atomic mass is 10.2. The van der Waals surface area contributed by atoms with E-state index in [1.54, 1.807) is 11.8 Å². The normalized spacial score (nSPS) is 26.9. The summed E-state index contributed by atoms with van der Waals surface area (Å²) in [5.41, 5.74) is -0.529. The Labute approximate surface area is 118 Å². The molecule has 0 aromatic heterocycles. The van der Waals surface area contributed by atoms with Gasteiger partial charge in [-0.05, 0) is 39.9 Å². The van der Waals surface area contributed by atoms with Crippen LogP contribution in [-0.4, -0.2) is 41.3 Å². The summed E-state index contributed by atoms with van der Waals surface area (Å²) >= 11 is 1.72. The minimum Gasteiger partial charge on any atom is -0.460 e. The first-order chi connectivity index (χ1) is 8.71. The molecule has 0 aliphatic heterocycles. The quantitative estimate of drug-likeness (QED) is 0.808. The fourth-order valence-corrected chi connectivity index (χ4v) is 2.88. The number of hydrogen-bond donors (Lipinski definition) is 1. The number of thioether (sulfide) groups is 1. The topological polar surface area (TPSA) is 64.6 Å². The molecule has 0 saturated heterocycles. The highest BCUT2D eigenvalue weighted by molar-refractivity contribution is 7.99. The molecule has 5 nitrogen and oxygen atoms in total. The molecular weight excluding hydrogens is 266 g/mol. The van der Waals surface area contributed by atoms with Gasteiger partial charge >= 0.3 is 12.1 Å². The van der Waals surface area contributed by atoms with Crippen molar-refractivity contribution in [2.75, 3.05) is 6.26 Å². The van der Waals surface area contributed by atoms with Crippen molar-refractivity contribution in [2.24, 2.45) is 0 Å². The zero-order valence-corrected chi connectivity index (χ0v) is 13.0. The summed E-state index contributed by atoms with van der Waals surface area (Å²) in [4.78, 5) is 22.8. The van der Waals surface area contributed by atoms with E-state index >= 15 is 0 Å². The maximum atomic E-state index is 11.8. The summed E-state index contributed by atoms with van der Waals surface area (Å²) in [6.07, 6.45) is 2.85. The SMILES string of the molecule is CSC1C[C@@H](NC(=O)OC(C)(C)C)[C@H](OC(C)=O)C1. The molecule has 0 aromatic carbocycles. The third-order valence-corrected chi connectivity index (χ3v) is 3.87. The van der Waals surface area contributed by atoms with Gasteiger partial charge in [-0.25, -0.2) is 4.79 Å². The van der Waals surface area contributed by atoms with E-state index in [0.717, 1.165) is 12.8 Å². The predicted octanol–water partition coefficient (Wildman–Crippen LogP) is 2.34. The van der Waals surface area contributed by atoms with Gasteiger partial charge in [-0.3, -0.25) is 4.79 Å². The molecule has 1 saturated carbocycles. The average molecular weight is 289 g/mol. The zero-order valence-electron chi connectivity index (χ0n) is 12.2. The van der Waals surface area contributed by atoms with Gasteiger partial charge in [0.05, 0.1) is 6.04 Å². The van der Waals surface area contributed by atoms with Gasteiger partial charge in [0, 0.05) is 12.2 Å². The van der Waals surface area contributed by atoms with Crippen LogP contribution < -0.4 is 5.32 Å². The van der Waals surface area contributed by atoms with E-state index in [2.05, 4.69) is 5.32 Å². The van der Waals surface area contributed by atoms with Crippen LogP contribution in [0.1, 0.15) is 40.5 Å². The number of amides is 1. The molecule has 0 aromatic rings. The number of ether oxygens (including phenoxy) is 2. The highest BCUT2D eigenvalue weighted by atomic mass is 32.2. The maximum absolute atomic E-state index is 11.8. The first-order valence-electron chi connectivity index (χ1n) is 6.41. The van der Waals surface area contributed by atoms with E-state index < -0.39 is 11.7 Å². The molecule has 0 bridgehead atoms. The molecule has 0 radical (unpaired) electrons. The second-order valence-corrected chi connectivity index (χ2v) is 6.87. The second-order valence-electron chi connectivity index (χ2n) is 5.73. The van der Waals surface area contributed by atoms with Crippen molar-refractivity contribution in [3.05, 3.63) is 0 Å². The van der Waals surface area contributed by atoms with Gasteiger partial charge in [-0.15, -0.1) is 0 Å². The molecule has 3 atom stereocenters. The third kappa shape index (κ3) is 5.72. The van der Waals surface area contributed by atoms with Gasteiger partial charge in [-0.1, -0.05) is 0 Å². The maximum Gasteiger partial charge on any atom is 0.408 e. The van der Waals surface area contributed by atoms with Crippen molar-refractivity contribution in [3.63, 3.8) is 0 Å². The summed E-state index contributed by atoms with van der Waals surface area (Å²) in [6.45, 7) is 6.83. The minimum absolute atomic E-state index is 0.170. The van der Waals surface area contributed by atoms with Gasteiger partial charge in [0.15, 0.2) is 0 Å². The van der Waals surface area contributed by atoms with Crippen LogP contribution in [0.25, 0.3) is 0 Å².